The van der Waals surface area contributed by atoms with E-state index < -0.39 is 0 Å². The van der Waals surface area contributed by atoms with Gasteiger partial charge in [-0.05, 0) is 0 Å². The lowest BCUT2D eigenvalue weighted by Crippen LogP contribution is -1.96. The van der Waals surface area contributed by atoms with Crippen LogP contribution in [0.25, 0.3) is 0 Å². The molecule has 0 heterocycles. The molecule has 5 heteroatoms. The highest BCUT2D eigenvalue weighted by atomic mass is 35.5. The zero-order chi connectivity index (χ0) is 7.66. The third-order valence-electron chi connectivity index (χ3n) is 0.597. The van der Waals surface area contributed by atoms with Crippen molar-refractivity contribution >= 4 is 35.2 Å². The van der Waals surface area contributed by atoms with E-state index in [0.717, 1.165) is 0 Å². The lowest BCUT2D eigenvalue weighted by atomic mass is 10.9. The Morgan fingerprint density at radius 1 is 1.10 bits per heavy atom. The van der Waals surface area contributed by atoms with Gasteiger partial charge in [-0.15, -0.1) is 23.2 Å². The first-order valence-electron chi connectivity index (χ1n) is 2.86. The molecule has 0 saturated heterocycles. The van der Waals surface area contributed by atoms with E-state index in [-0.39, 0.29) is 0 Å². The minimum absolute atomic E-state index is 0.516. The molecule has 0 saturated carbocycles. The van der Waals surface area contributed by atoms with Crippen molar-refractivity contribution in [1.82, 2.24) is 0 Å². The van der Waals surface area contributed by atoms with E-state index in [1.54, 1.807) is 0 Å². The number of rotatable bonds is 7. The molecule has 10 heavy (non-hydrogen) atoms. The molecule has 62 valence electrons. The van der Waals surface area contributed by atoms with Gasteiger partial charge >= 0.3 is 0 Å². The summed E-state index contributed by atoms with van der Waals surface area (Å²) < 4.78 is 9.94. The predicted octanol–water partition coefficient (Wildman–Crippen LogP) is 2.10. The molecule has 0 N–H and O–H groups in total. The molecule has 0 rings (SSSR count). The largest absolute Gasteiger partial charge is 0.367 e. The van der Waals surface area contributed by atoms with E-state index in [1.165, 1.54) is 12.0 Å². The van der Waals surface area contributed by atoms with E-state index in [9.17, 15) is 0 Å². The van der Waals surface area contributed by atoms with Gasteiger partial charge in [-0.3, -0.25) is 0 Å². The van der Waals surface area contributed by atoms with Crippen LogP contribution in [0.3, 0.4) is 0 Å². The van der Waals surface area contributed by atoms with E-state index >= 15 is 0 Å². The van der Waals surface area contributed by atoms with Gasteiger partial charge in [0.05, 0.1) is 13.2 Å². The molecular weight excluding hydrogens is 195 g/mol. The van der Waals surface area contributed by atoms with Crippen LogP contribution in [0.15, 0.2) is 0 Å². The first-order chi connectivity index (χ1) is 4.91. The van der Waals surface area contributed by atoms with Crippen LogP contribution in [-0.4, -0.2) is 30.9 Å². The van der Waals surface area contributed by atoms with Crippen LogP contribution >= 0.6 is 35.2 Å². The SMILES string of the molecule is ClCCOCSOCCCl. The maximum Gasteiger partial charge on any atom is 0.118 e. The van der Waals surface area contributed by atoms with Gasteiger partial charge in [-0.2, -0.15) is 0 Å². The van der Waals surface area contributed by atoms with Crippen molar-refractivity contribution in [2.24, 2.45) is 0 Å². The minimum Gasteiger partial charge on any atom is -0.367 e. The zero-order valence-corrected chi connectivity index (χ0v) is 7.84. The van der Waals surface area contributed by atoms with Crippen LogP contribution in [0.1, 0.15) is 0 Å². The van der Waals surface area contributed by atoms with Crippen molar-refractivity contribution in [3.63, 3.8) is 0 Å². The molecule has 0 fully saturated rings. The fraction of sp³-hybridized carbons (Fsp3) is 1.00. The van der Waals surface area contributed by atoms with Gasteiger partial charge in [0.15, 0.2) is 0 Å². The average molecular weight is 205 g/mol. The molecule has 0 aliphatic rings. The van der Waals surface area contributed by atoms with Gasteiger partial charge in [0.25, 0.3) is 0 Å². The maximum absolute atomic E-state index is 5.35. The van der Waals surface area contributed by atoms with Gasteiger partial charge in [0, 0.05) is 23.8 Å². The van der Waals surface area contributed by atoms with E-state index in [1.807, 2.05) is 0 Å². The summed E-state index contributed by atoms with van der Waals surface area (Å²) in [5, 5.41) is 0. The zero-order valence-electron chi connectivity index (χ0n) is 5.52. The molecular formula is C5H10Cl2O2S. The lowest BCUT2D eigenvalue weighted by molar-refractivity contribution is 0.194. The Morgan fingerprint density at radius 2 is 1.80 bits per heavy atom. The van der Waals surface area contributed by atoms with Crippen LogP contribution in [-0.2, 0) is 8.92 Å². The summed E-state index contributed by atoms with van der Waals surface area (Å²) in [5.74, 6) is 1.56. The molecule has 0 aliphatic carbocycles. The highest BCUT2D eigenvalue weighted by Gasteiger charge is 1.88. The molecule has 0 spiro atoms. The first kappa shape index (κ1) is 10.8. The van der Waals surface area contributed by atoms with E-state index in [2.05, 4.69) is 0 Å². The molecule has 0 aliphatic heterocycles. The quantitative estimate of drug-likeness (QED) is 0.274. The molecule has 0 radical (unpaired) electrons. The first-order valence-corrected chi connectivity index (χ1v) is 4.84. The number of halogens is 2. The van der Waals surface area contributed by atoms with Crippen molar-refractivity contribution in [1.29, 1.82) is 0 Å². The molecule has 0 aromatic rings. The third kappa shape index (κ3) is 8.85. The third-order valence-corrected chi connectivity index (χ3v) is 1.50. The molecule has 0 aromatic heterocycles. The molecule has 0 bridgehead atoms. The second kappa shape index (κ2) is 9.85. The Morgan fingerprint density at radius 3 is 2.40 bits per heavy atom. The molecule has 0 amide bonds. The Balaban J connectivity index is 2.65. The molecule has 0 aromatic carbocycles. The normalized spacial score (nSPS) is 10.2. The van der Waals surface area contributed by atoms with Gasteiger partial charge in [0.1, 0.15) is 5.94 Å². The van der Waals surface area contributed by atoms with Crippen LogP contribution in [0.5, 0.6) is 0 Å². The summed E-state index contributed by atoms with van der Waals surface area (Å²) in [6, 6.07) is 0. The Kier molecular flexibility index (Phi) is 10.7. The summed E-state index contributed by atoms with van der Waals surface area (Å²) in [6.45, 7) is 1.12. The van der Waals surface area contributed by atoms with Crippen molar-refractivity contribution < 1.29 is 8.92 Å². The summed E-state index contributed by atoms with van der Waals surface area (Å²) in [6.07, 6.45) is 0. The second-order valence-corrected chi connectivity index (χ2v) is 2.81. The smallest absolute Gasteiger partial charge is 0.118 e. The van der Waals surface area contributed by atoms with E-state index in [0.29, 0.717) is 30.9 Å². The van der Waals surface area contributed by atoms with Gasteiger partial charge in [-0.1, -0.05) is 0 Å². The number of alkyl halides is 2. The minimum atomic E-state index is 0.516. The van der Waals surface area contributed by atoms with Gasteiger partial charge in [0.2, 0.25) is 0 Å². The summed E-state index contributed by atoms with van der Waals surface area (Å²) in [7, 11) is 0. The molecule has 0 unspecified atom stereocenters. The van der Waals surface area contributed by atoms with Gasteiger partial charge < -0.3 is 8.92 Å². The Bertz CT molecular complexity index is 57.6. The lowest BCUT2D eigenvalue weighted by Gasteiger charge is -1.99. The molecule has 2 nitrogen and oxygen atoms in total. The van der Waals surface area contributed by atoms with Gasteiger partial charge in [-0.25, -0.2) is 0 Å². The van der Waals surface area contributed by atoms with E-state index in [4.69, 9.17) is 32.1 Å². The highest BCUT2D eigenvalue weighted by Crippen LogP contribution is 2.02. The monoisotopic (exact) mass is 204 g/mol. The Labute approximate surface area is 75.4 Å². The summed E-state index contributed by atoms with van der Waals surface area (Å²) in [4.78, 5) is 0. The van der Waals surface area contributed by atoms with Crippen LogP contribution in [0.4, 0.5) is 0 Å². The topological polar surface area (TPSA) is 18.5 Å². The van der Waals surface area contributed by atoms with Crippen molar-refractivity contribution in [2.75, 3.05) is 30.9 Å². The molecule has 0 atom stereocenters. The summed E-state index contributed by atoms with van der Waals surface area (Å²) in [5.41, 5.74) is 0. The van der Waals surface area contributed by atoms with Crippen molar-refractivity contribution in [2.45, 2.75) is 0 Å². The van der Waals surface area contributed by atoms with Crippen molar-refractivity contribution in [3.05, 3.63) is 0 Å². The standard InChI is InChI=1S/C5H10Cl2O2S/c6-1-3-8-5-10-9-4-2-7/h1-5H2. The Hall–Kier alpha value is 0.850. The fourth-order valence-corrected chi connectivity index (χ4v) is 1.00. The van der Waals surface area contributed by atoms with Crippen LogP contribution in [0, 0.1) is 0 Å². The van der Waals surface area contributed by atoms with Crippen molar-refractivity contribution in [3.8, 4) is 0 Å². The predicted molar refractivity (Wildman–Crippen MR) is 45.8 cm³/mol. The second-order valence-electron chi connectivity index (χ2n) is 1.34. The highest BCUT2D eigenvalue weighted by molar-refractivity contribution is 7.94. The maximum atomic E-state index is 5.35. The van der Waals surface area contributed by atoms with Crippen LogP contribution < -0.4 is 0 Å². The number of hydrogen-bond acceptors (Lipinski definition) is 3. The fourth-order valence-electron chi connectivity index (χ4n) is 0.272. The number of hydrogen-bond donors (Lipinski definition) is 0. The average Bonchev–Trinajstić information content (AvgIpc) is 1.97. The summed E-state index contributed by atoms with van der Waals surface area (Å²) >= 11 is 11.9. The number of ether oxygens (including phenoxy) is 1. The van der Waals surface area contributed by atoms with Crippen LogP contribution in [0.2, 0.25) is 0 Å².